The first-order chi connectivity index (χ1) is 14.5. The molecule has 2 heterocycles. The Bertz CT molecular complexity index is 1150. The van der Waals surface area contributed by atoms with Crippen molar-refractivity contribution < 1.29 is 22.9 Å². The summed E-state index contributed by atoms with van der Waals surface area (Å²) in [7, 11) is 0. The van der Waals surface area contributed by atoms with Crippen molar-refractivity contribution in [2.24, 2.45) is 0 Å². The average Bonchev–Trinajstić information content (AvgIpc) is 3.16. The normalized spacial score (nSPS) is 11.5. The van der Waals surface area contributed by atoms with E-state index < -0.39 is 22.6 Å². The number of carbonyl (C=O) groups is 1. The van der Waals surface area contributed by atoms with E-state index in [9.17, 15) is 28.1 Å². The summed E-state index contributed by atoms with van der Waals surface area (Å²) in [4.78, 5) is 22.9. The van der Waals surface area contributed by atoms with Crippen LogP contribution in [0.1, 0.15) is 28.2 Å². The number of anilines is 1. The van der Waals surface area contributed by atoms with E-state index >= 15 is 0 Å². The van der Waals surface area contributed by atoms with Gasteiger partial charge in [0, 0.05) is 0 Å². The van der Waals surface area contributed by atoms with Crippen LogP contribution in [0, 0.1) is 30.9 Å². The maximum atomic E-state index is 12.9. The fourth-order valence-electron chi connectivity index (χ4n) is 3.16. The molecule has 12 heteroatoms. The molecule has 0 radical (unpaired) electrons. The van der Waals surface area contributed by atoms with Crippen LogP contribution in [-0.4, -0.2) is 30.4 Å². The first-order valence-corrected chi connectivity index (χ1v) is 9.14. The highest BCUT2D eigenvalue weighted by Crippen LogP contribution is 2.30. The van der Waals surface area contributed by atoms with Crippen molar-refractivity contribution in [1.82, 2.24) is 19.6 Å². The maximum Gasteiger partial charge on any atom is 0.416 e. The molecule has 1 N–H and O–H groups in total. The molecule has 0 aliphatic carbocycles. The SMILES string of the molecule is Cc1cc([N+](=O)[O-])n(CC(=O)Nc2c(C)nn(Cc3cccc(C(F)(F)F)c3)c2C)n1. The van der Waals surface area contributed by atoms with E-state index in [1.54, 1.807) is 26.8 Å². The predicted octanol–water partition coefficient (Wildman–Crippen LogP) is 3.62. The number of alkyl halides is 3. The van der Waals surface area contributed by atoms with E-state index in [1.807, 2.05) is 0 Å². The third-order valence-corrected chi connectivity index (χ3v) is 4.59. The average molecular weight is 436 g/mol. The number of aromatic nitrogens is 4. The Morgan fingerprint density at radius 1 is 1.16 bits per heavy atom. The van der Waals surface area contributed by atoms with Crippen molar-refractivity contribution in [1.29, 1.82) is 0 Å². The van der Waals surface area contributed by atoms with Crippen molar-refractivity contribution in [3.05, 3.63) is 68.7 Å². The molecule has 31 heavy (non-hydrogen) atoms. The number of benzene rings is 1. The molecule has 9 nitrogen and oxygen atoms in total. The fraction of sp³-hybridized carbons (Fsp3) is 0.316. The van der Waals surface area contributed by atoms with E-state index in [0.29, 0.717) is 28.3 Å². The van der Waals surface area contributed by atoms with Crippen LogP contribution < -0.4 is 5.32 Å². The van der Waals surface area contributed by atoms with Crippen molar-refractivity contribution in [2.45, 2.75) is 40.0 Å². The highest BCUT2D eigenvalue weighted by atomic mass is 19.4. The Morgan fingerprint density at radius 3 is 2.52 bits per heavy atom. The lowest BCUT2D eigenvalue weighted by Crippen LogP contribution is -2.21. The van der Waals surface area contributed by atoms with Crippen molar-refractivity contribution in [3.8, 4) is 0 Å². The molecular weight excluding hydrogens is 417 g/mol. The molecule has 0 aliphatic heterocycles. The molecule has 3 rings (SSSR count). The number of hydrogen-bond donors (Lipinski definition) is 1. The summed E-state index contributed by atoms with van der Waals surface area (Å²) >= 11 is 0. The number of halogens is 3. The van der Waals surface area contributed by atoms with Crippen LogP contribution in [0.3, 0.4) is 0 Å². The number of amides is 1. The van der Waals surface area contributed by atoms with Crippen molar-refractivity contribution >= 4 is 17.4 Å². The number of aryl methyl sites for hydroxylation is 2. The lowest BCUT2D eigenvalue weighted by molar-refractivity contribution is -0.392. The fourth-order valence-corrected chi connectivity index (χ4v) is 3.16. The number of hydrogen-bond acceptors (Lipinski definition) is 5. The second kappa shape index (κ2) is 8.20. The van der Waals surface area contributed by atoms with Gasteiger partial charge in [0.15, 0.2) is 6.54 Å². The molecule has 2 aromatic heterocycles. The van der Waals surface area contributed by atoms with E-state index in [0.717, 1.165) is 16.8 Å². The molecule has 0 atom stereocenters. The van der Waals surface area contributed by atoms with Gasteiger partial charge in [0.25, 0.3) is 5.91 Å². The highest BCUT2D eigenvalue weighted by molar-refractivity contribution is 5.91. The lowest BCUT2D eigenvalue weighted by Gasteiger charge is -2.10. The molecule has 0 unspecified atom stereocenters. The quantitative estimate of drug-likeness (QED) is 0.469. The minimum Gasteiger partial charge on any atom is -0.358 e. The lowest BCUT2D eigenvalue weighted by atomic mass is 10.1. The van der Waals surface area contributed by atoms with Crippen LogP contribution in [0.5, 0.6) is 0 Å². The number of rotatable bonds is 6. The monoisotopic (exact) mass is 436 g/mol. The Morgan fingerprint density at radius 2 is 1.87 bits per heavy atom. The summed E-state index contributed by atoms with van der Waals surface area (Å²) in [5.41, 5.74) is 1.44. The van der Waals surface area contributed by atoms with Gasteiger partial charge in [-0.15, -0.1) is 4.68 Å². The van der Waals surface area contributed by atoms with Gasteiger partial charge in [-0.1, -0.05) is 17.2 Å². The van der Waals surface area contributed by atoms with Gasteiger partial charge >= 0.3 is 12.0 Å². The molecule has 1 amide bonds. The van der Waals surface area contributed by atoms with Crippen LogP contribution in [0.2, 0.25) is 0 Å². The minimum atomic E-state index is -4.45. The third-order valence-electron chi connectivity index (χ3n) is 4.59. The summed E-state index contributed by atoms with van der Waals surface area (Å²) in [6.45, 7) is 4.60. The van der Waals surface area contributed by atoms with E-state index in [2.05, 4.69) is 15.5 Å². The van der Waals surface area contributed by atoms with Crippen LogP contribution in [-0.2, 0) is 24.1 Å². The molecule has 1 aromatic carbocycles. The van der Waals surface area contributed by atoms with Crippen molar-refractivity contribution in [3.63, 3.8) is 0 Å². The van der Waals surface area contributed by atoms with Gasteiger partial charge in [0.2, 0.25) is 0 Å². The van der Waals surface area contributed by atoms with Gasteiger partial charge < -0.3 is 15.4 Å². The van der Waals surface area contributed by atoms with Gasteiger partial charge in [0.1, 0.15) is 0 Å². The molecular formula is C19H19F3N6O3. The summed E-state index contributed by atoms with van der Waals surface area (Å²) in [5.74, 6) is -0.850. The number of nitrogens with one attached hydrogen (secondary N) is 1. The topological polar surface area (TPSA) is 108 Å². The molecule has 0 bridgehead atoms. The zero-order valence-corrected chi connectivity index (χ0v) is 16.9. The second-order valence-electron chi connectivity index (χ2n) is 7.01. The van der Waals surface area contributed by atoms with Crippen LogP contribution in [0.15, 0.2) is 30.3 Å². The predicted molar refractivity (Wildman–Crippen MR) is 104 cm³/mol. The first-order valence-electron chi connectivity index (χ1n) is 9.14. The van der Waals surface area contributed by atoms with Gasteiger partial charge in [-0.25, -0.2) is 0 Å². The van der Waals surface area contributed by atoms with Gasteiger partial charge in [0.05, 0.1) is 40.9 Å². The Hall–Kier alpha value is -3.70. The van der Waals surface area contributed by atoms with E-state index in [-0.39, 0.29) is 18.9 Å². The van der Waals surface area contributed by atoms with Crippen molar-refractivity contribution in [2.75, 3.05) is 5.32 Å². The van der Waals surface area contributed by atoms with Gasteiger partial charge in [-0.05, 0) is 43.4 Å². The molecule has 0 saturated heterocycles. The molecule has 3 aromatic rings. The standard InChI is InChI=1S/C19H19F3N6O3/c1-11-7-17(28(30)31)27(24-11)10-16(29)23-18-12(2)25-26(13(18)3)9-14-5-4-6-15(8-14)19(20,21)22/h4-8H,9-10H2,1-3H3,(H,23,29). The minimum absolute atomic E-state index is 0.0796. The summed E-state index contributed by atoms with van der Waals surface area (Å²) in [6.07, 6.45) is -4.45. The molecule has 164 valence electrons. The van der Waals surface area contributed by atoms with E-state index in [4.69, 9.17) is 0 Å². The van der Waals surface area contributed by atoms with Crippen LogP contribution in [0.25, 0.3) is 0 Å². The summed E-state index contributed by atoms with van der Waals surface area (Å²) < 4.78 is 41.3. The van der Waals surface area contributed by atoms with Crippen LogP contribution in [0.4, 0.5) is 24.7 Å². The zero-order chi connectivity index (χ0) is 22.9. The van der Waals surface area contributed by atoms with E-state index in [1.165, 1.54) is 16.8 Å². The smallest absolute Gasteiger partial charge is 0.358 e. The number of carbonyl (C=O) groups excluding carboxylic acids is 1. The summed E-state index contributed by atoms with van der Waals surface area (Å²) in [5, 5.41) is 22.0. The second-order valence-corrected chi connectivity index (χ2v) is 7.01. The zero-order valence-electron chi connectivity index (χ0n) is 16.9. The number of nitrogens with zero attached hydrogens (tertiary/aromatic N) is 5. The molecule has 0 spiro atoms. The molecule has 0 saturated carbocycles. The number of nitro groups is 1. The molecule has 0 aliphatic rings. The third kappa shape index (κ3) is 4.90. The van der Waals surface area contributed by atoms with Gasteiger partial charge in [-0.2, -0.15) is 18.3 Å². The summed E-state index contributed by atoms with van der Waals surface area (Å²) in [6, 6.07) is 6.19. The first kappa shape index (κ1) is 22.0. The Labute approximate surface area is 174 Å². The molecule has 0 fully saturated rings. The Balaban J connectivity index is 1.78. The van der Waals surface area contributed by atoms with Crippen LogP contribution >= 0.6 is 0 Å². The largest absolute Gasteiger partial charge is 0.416 e. The highest BCUT2D eigenvalue weighted by Gasteiger charge is 2.30. The van der Waals surface area contributed by atoms with Gasteiger partial charge in [-0.3, -0.25) is 9.48 Å². The maximum absolute atomic E-state index is 12.9. The Kier molecular flexibility index (Phi) is 5.82.